The van der Waals surface area contributed by atoms with Crippen molar-refractivity contribution in [1.82, 2.24) is 20.0 Å². The number of nitrogens with one attached hydrogen (secondary N) is 1. The summed E-state index contributed by atoms with van der Waals surface area (Å²) >= 11 is 4.82. The van der Waals surface area contributed by atoms with E-state index < -0.39 is 0 Å². The smallest absolute Gasteiger partial charge is 0.284 e. The SMILES string of the molecule is CCCCn1nccc1-c1n[nH]c(=S)o1. The maximum Gasteiger partial charge on any atom is 0.284 e. The van der Waals surface area contributed by atoms with Crippen LogP contribution in [-0.4, -0.2) is 20.0 Å². The third kappa shape index (κ3) is 2.15. The molecule has 15 heavy (non-hydrogen) atoms. The molecule has 0 aliphatic rings. The Morgan fingerprint density at radius 2 is 2.47 bits per heavy atom. The van der Waals surface area contributed by atoms with Crippen LogP contribution in [0.1, 0.15) is 19.8 Å². The van der Waals surface area contributed by atoms with Crippen molar-refractivity contribution in [2.24, 2.45) is 0 Å². The van der Waals surface area contributed by atoms with Crippen LogP contribution in [-0.2, 0) is 6.54 Å². The van der Waals surface area contributed by atoms with E-state index in [2.05, 4.69) is 22.2 Å². The fourth-order valence-electron chi connectivity index (χ4n) is 1.34. The lowest BCUT2D eigenvalue weighted by molar-refractivity contribution is 0.527. The maximum absolute atomic E-state index is 5.24. The minimum atomic E-state index is 0.285. The minimum Gasteiger partial charge on any atom is -0.408 e. The summed E-state index contributed by atoms with van der Waals surface area (Å²) in [6, 6.07) is 1.87. The van der Waals surface area contributed by atoms with E-state index in [0.717, 1.165) is 25.1 Å². The van der Waals surface area contributed by atoms with E-state index in [9.17, 15) is 0 Å². The van der Waals surface area contributed by atoms with E-state index in [1.807, 2.05) is 10.7 Å². The molecule has 0 saturated carbocycles. The van der Waals surface area contributed by atoms with Crippen molar-refractivity contribution >= 4 is 12.2 Å². The number of nitrogens with zero attached hydrogens (tertiary/aromatic N) is 3. The zero-order valence-corrected chi connectivity index (χ0v) is 9.25. The Bertz CT molecular complexity index is 484. The van der Waals surface area contributed by atoms with Gasteiger partial charge in [-0.3, -0.25) is 4.68 Å². The summed E-state index contributed by atoms with van der Waals surface area (Å²) in [6.45, 7) is 3.01. The van der Waals surface area contributed by atoms with E-state index in [1.165, 1.54) is 0 Å². The van der Waals surface area contributed by atoms with Gasteiger partial charge in [0.25, 0.3) is 10.7 Å². The molecule has 2 aromatic heterocycles. The molecule has 0 unspecified atom stereocenters. The van der Waals surface area contributed by atoms with Crippen molar-refractivity contribution in [3.05, 3.63) is 17.1 Å². The van der Waals surface area contributed by atoms with Crippen LogP contribution in [0.2, 0.25) is 0 Å². The quantitative estimate of drug-likeness (QED) is 0.810. The number of hydrogen-bond acceptors (Lipinski definition) is 4. The van der Waals surface area contributed by atoms with E-state index in [0.29, 0.717) is 5.89 Å². The van der Waals surface area contributed by atoms with Crippen LogP contribution >= 0.6 is 12.2 Å². The van der Waals surface area contributed by atoms with E-state index in [1.54, 1.807) is 6.20 Å². The largest absolute Gasteiger partial charge is 0.408 e. The Morgan fingerprint density at radius 1 is 1.60 bits per heavy atom. The molecule has 0 aliphatic heterocycles. The zero-order valence-electron chi connectivity index (χ0n) is 8.43. The average Bonchev–Trinajstić information content (AvgIpc) is 2.82. The molecule has 0 aliphatic carbocycles. The first-order chi connectivity index (χ1) is 7.31. The molecule has 0 radical (unpaired) electrons. The normalized spacial score (nSPS) is 10.7. The fourth-order valence-corrected chi connectivity index (χ4v) is 1.46. The molecular formula is C9H12N4OS. The van der Waals surface area contributed by atoms with Gasteiger partial charge in [0.15, 0.2) is 0 Å². The summed E-state index contributed by atoms with van der Waals surface area (Å²) < 4.78 is 7.11. The molecule has 2 aromatic rings. The van der Waals surface area contributed by atoms with Gasteiger partial charge < -0.3 is 4.42 Å². The molecule has 0 bridgehead atoms. The van der Waals surface area contributed by atoms with Gasteiger partial charge in [0.05, 0.1) is 0 Å². The van der Waals surface area contributed by atoms with Gasteiger partial charge in [0, 0.05) is 12.7 Å². The van der Waals surface area contributed by atoms with Crippen molar-refractivity contribution in [3.63, 3.8) is 0 Å². The lowest BCUT2D eigenvalue weighted by atomic mass is 10.3. The van der Waals surface area contributed by atoms with Crippen LogP contribution < -0.4 is 0 Å². The van der Waals surface area contributed by atoms with Crippen molar-refractivity contribution in [2.75, 3.05) is 0 Å². The third-order valence-electron chi connectivity index (χ3n) is 2.10. The van der Waals surface area contributed by atoms with Crippen LogP contribution in [0.25, 0.3) is 11.6 Å². The van der Waals surface area contributed by atoms with Gasteiger partial charge in [0.2, 0.25) is 0 Å². The zero-order chi connectivity index (χ0) is 10.7. The van der Waals surface area contributed by atoms with Crippen LogP contribution in [0.3, 0.4) is 0 Å². The molecule has 0 spiro atoms. The Balaban J connectivity index is 2.28. The first-order valence-corrected chi connectivity index (χ1v) is 5.29. The van der Waals surface area contributed by atoms with Crippen LogP contribution in [0, 0.1) is 4.84 Å². The van der Waals surface area contributed by atoms with Gasteiger partial charge in [0.1, 0.15) is 5.69 Å². The Hall–Kier alpha value is -1.43. The van der Waals surface area contributed by atoms with Crippen molar-refractivity contribution in [3.8, 4) is 11.6 Å². The highest BCUT2D eigenvalue weighted by Gasteiger charge is 2.09. The first kappa shape index (κ1) is 10.1. The van der Waals surface area contributed by atoms with Crippen LogP contribution in [0.15, 0.2) is 16.7 Å². The molecule has 6 heteroatoms. The van der Waals surface area contributed by atoms with E-state index in [4.69, 9.17) is 16.6 Å². The number of hydrogen-bond donors (Lipinski definition) is 1. The molecule has 0 aromatic carbocycles. The standard InChI is InChI=1S/C9H12N4OS/c1-2-3-6-13-7(4-5-10-13)8-11-12-9(15)14-8/h4-5H,2-3,6H2,1H3,(H,12,15). The number of aromatic nitrogens is 4. The molecule has 0 fully saturated rings. The highest BCUT2D eigenvalue weighted by atomic mass is 32.1. The van der Waals surface area contributed by atoms with Crippen LogP contribution in [0.4, 0.5) is 0 Å². The van der Waals surface area contributed by atoms with Crippen molar-refractivity contribution in [2.45, 2.75) is 26.3 Å². The Labute approximate surface area is 92.1 Å². The highest BCUT2D eigenvalue weighted by Crippen LogP contribution is 2.16. The summed E-state index contributed by atoms with van der Waals surface area (Å²) in [5.41, 5.74) is 0.857. The topological polar surface area (TPSA) is 59.6 Å². The van der Waals surface area contributed by atoms with Gasteiger partial charge in [-0.25, -0.2) is 5.10 Å². The third-order valence-corrected chi connectivity index (χ3v) is 2.27. The number of aryl methyl sites for hydroxylation is 1. The molecule has 0 atom stereocenters. The number of aromatic amines is 1. The van der Waals surface area contributed by atoms with Gasteiger partial charge >= 0.3 is 0 Å². The summed E-state index contributed by atoms with van der Waals surface area (Å²) in [7, 11) is 0. The average molecular weight is 224 g/mol. The summed E-state index contributed by atoms with van der Waals surface area (Å²) in [6.07, 6.45) is 3.95. The molecule has 0 saturated heterocycles. The van der Waals surface area contributed by atoms with E-state index >= 15 is 0 Å². The monoisotopic (exact) mass is 224 g/mol. The number of H-pyrrole nitrogens is 1. The number of rotatable bonds is 4. The number of unbranched alkanes of at least 4 members (excludes halogenated alkanes) is 1. The van der Waals surface area contributed by atoms with Crippen molar-refractivity contribution < 1.29 is 4.42 Å². The van der Waals surface area contributed by atoms with Crippen LogP contribution in [0.5, 0.6) is 0 Å². The molecule has 80 valence electrons. The molecule has 2 rings (SSSR count). The Morgan fingerprint density at radius 3 is 3.13 bits per heavy atom. The summed E-state index contributed by atoms with van der Waals surface area (Å²) in [4.78, 5) is 0.285. The maximum atomic E-state index is 5.24. The Kier molecular flexibility index (Phi) is 2.96. The fraction of sp³-hybridized carbons (Fsp3) is 0.444. The van der Waals surface area contributed by atoms with E-state index in [-0.39, 0.29) is 4.84 Å². The summed E-state index contributed by atoms with van der Waals surface area (Å²) in [5, 5.41) is 10.8. The lowest BCUT2D eigenvalue weighted by Gasteiger charge is -2.02. The first-order valence-electron chi connectivity index (χ1n) is 4.89. The second-order valence-electron chi connectivity index (χ2n) is 3.21. The highest BCUT2D eigenvalue weighted by molar-refractivity contribution is 7.71. The molecule has 1 N–H and O–H groups in total. The second kappa shape index (κ2) is 4.39. The molecule has 2 heterocycles. The predicted octanol–water partition coefficient (Wildman–Crippen LogP) is 2.40. The predicted molar refractivity (Wildman–Crippen MR) is 57.8 cm³/mol. The minimum absolute atomic E-state index is 0.285. The second-order valence-corrected chi connectivity index (χ2v) is 3.58. The van der Waals surface area contributed by atoms with Gasteiger partial charge in [-0.15, -0.1) is 5.10 Å². The molecular weight excluding hydrogens is 212 g/mol. The lowest BCUT2D eigenvalue weighted by Crippen LogP contribution is -2.01. The van der Waals surface area contributed by atoms with Gasteiger partial charge in [-0.1, -0.05) is 13.3 Å². The van der Waals surface area contributed by atoms with Gasteiger partial charge in [-0.2, -0.15) is 5.10 Å². The molecule has 5 nitrogen and oxygen atoms in total. The van der Waals surface area contributed by atoms with Crippen molar-refractivity contribution in [1.29, 1.82) is 0 Å². The van der Waals surface area contributed by atoms with Gasteiger partial charge in [-0.05, 0) is 24.7 Å². The molecule has 0 amide bonds. The summed E-state index contributed by atoms with van der Waals surface area (Å²) in [5.74, 6) is 0.494.